The molecule has 188 valence electrons. The number of fused-ring (bicyclic) bond motifs is 2. The van der Waals surface area contributed by atoms with Crippen LogP contribution in [0.2, 0.25) is 0 Å². The molecular formula is C26H31N7O3. The molecule has 0 bridgehead atoms. The summed E-state index contributed by atoms with van der Waals surface area (Å²) < 4.78 is 7.68. The highest BCUT2D eigenvalue weighted by Crippen LogP contribution is 2.35. The number of urea groups is 1. The van der Waals surface area contributed by atoms with E-state index in [2.05, 4.69) is 38.9 Å². The fraction of sp³-hybridized carbons (Fsp3) is 0.423. The van der Waals surface area contributed by atoms with Crippen LogP contribution in [-0.2, 0) is 24.9 Å². The molecule has 0 saturated heterocycles. The van der Waals surface area contributed by atoms with Gasteiger partial charge in [0.05, 0.1) is 12.7 Å². The number of hydrogen-bond acceptors (Lipinski definition) is 6. The van der Waals surface area contributed by atoms with Crippen LogP contribution in [0.1, 0.15) is 47.6 Å². The molecule has 36 heavy (non-hydrogen) atoms. The van der Waals surface area contributed by atoms with E-state index in [1.54, 1.807) is 37.1 Å². The van der Waals surface area contributed by atoms with Gasteiger partial charge in [0.25, 0.3) is 5.91 Å². The summed E-state index contributed by atoms with van der Waals surface area (Å²) in [6.45, 7) is 5.39. The van der Waals surface area contributed by atoms with Crippen LogP contribution in [0.5, 0.6) is 5.75 Å². The molecule has 0 saturated carbocycles. The number of aromatic nitrogens is 4. The third-order valence-electron chi connectivity index (χ3n) is 6.95. The van der Waals surface area contributed by atoms with Gasteiger partial charge < -0.3 is 24.4 Å². The molecule has 2 aliphatic rings. The van der Waals surface area contributed by atoms with E-state index >= 15 is 0 Å². The largest absolute Gasteiger partial charge is 0.496 e. The Bertz CT molecular complexity index is 1350. The van der Waals surface area contributed by atoms with Crippen molar-refractivity contribution < 1.29 is 14.3 Å². The van der Waals surface area contributed by atoms with Gasteiger partial charge in [-0.3, -0.25) is 4.79 Å². The van der Waals surface area contributed by atoms with E-state index in [0.717, 1.165) is 29.8 Å². The minimum Gasteiger partial charge on any atom is -0.496 e. The SMILES string of the molecule is COc1cc2c(cc1C(=O)Nc1cccc(-c3nnc4n3C(C)(C)CC4)n1)CN(C(=O)N(C)C)CC2. The molecule has 3 aromatic rings. The van der Waals surface area contributed by atoms with Gasteiger partial charge in [0.15, 0.2) is 5.82 Å². The van der Waals surface area contributed by atoms with Crippen LogP contribution >= 0.6 is 0 Å². The van der Waals surface area contributed by atoms with Crippen molar-refractivity contribution in [3.05, 3.63) is 52.8 Å². The Morgan fingerprint density at radius 1 is 1.11 bits per heavy atom. The van der Waals surface area contributed by atoms with Gasteiger partial charge in [-0.25, -0.2) is 9.78 Å². The van der Waals surface area contributed by atoms with Gasteiger partial charge in [-0.15, -0.1) is 10.2 Å². The minimum absolute atomic E-state index is 0.0494. The number of benzene rings is 1. The summed E-state index contributed by atoms with van der Waals surface area (Å²) in [6.07, 6.45) is 2.58. The molecule has 10 heteroatoms. The summed E-state index contributed by atoms with van der Waals surface area (Å²) in [5, 5.41) is 11.6. The topological polar surface area (TPSA) is 105 Å². The van der Waals surface area contributed by atoms with Crippen molar-refractivity contribution in [2.45, 2.75) is 45.2 Å². The maximum Gasteiger partial charge on any atom is 0.319 e. The van der Waals surface area contributed by atoms with Gasteiger partial charge >= 0.3 is 6.03 Å². The molecule has 2 aromatic heterocycles. The summed E-state index contributed by atoms with van der Waals surface area (Å²) in [7, 11) is 5.02. The van der Waals surface area contributed by atoms with Crippen LogP contribution < -0.4 is 10.1 Å². The van der Waals surface area contributed by atoms with Gasteiger partial charge in [-0.1, -0.05) is 6.07 Å². The fourth-order valence-corrected chi connectivity index (χ4v) is 5.00. The molecule has 0 aliphatic carbocycles. The summed E-state index contributed by atoms with van der Waals surface area (Å²) in [6, 6.07) is 9.12. The van der Waals surface area contributed by atoms with Crippen LogP contribution in [-0.4, -0.2) is 69.2 Å². The highest BCUT2D eigenvalue weighted by Gasteiger charge is 2.34. The van der Waals surface area contributed by atoms with E-state index in [1.807, 2.05) is 24.3 Å². The average Bonchev–Trinajstić information content (AvgIpc) is 3.43. The van der Waals surface area contributed by atoms with Crippen molar-refractivity contribution >= 4 is 17.8 Å². The number of methoxy groups -OCH3 is 1. The quantitative estimate of drug-likeness (QED) is 0.603. The van der Waals surface area contributed by atoms with Crippen LogP contribution in [0.25, 0.3) is 11.5 Å². The third kappa shape index (κ3) is 4.16. The number of carbonyl (C=O) groups is 2. The Kier molecular flexibility index (Phi) is 5.89. The second-order valence-corrected chi connectivity index (χ2v) is 10.1. The molecule has 1 aromatic carbocycles. The van der Waals surface area contributed by atoms with E-state index in [1.165, 1.54) is 0 Å². The van der Waals surface area contributed by atoms with Crippen LogP contribution in [0.15, 0.2) is 30.3 Å². The van der Waals surface area contributed by atoms with Crippen LogP contribution in [0.4, 0.5) is 10.6 Å². The molecule has 1 N–H and O–H groups in total. The molecule has 0 spiro atoms. The molecule has 4 heterocycles. The Balaban J connectivity index is 1.41. The first-order valence-electron chi connectivity index (χ1n) is 12.1. The number of nitrogens with one attached hydrogen (secondary N) is 1. The highest BCUT2D eigenvalue weighted by atomic mass is 16.5. The van der Waals surface area contributed by atoms with Crippen molar-refractivity contribution in [3.8, 4) is 17.3 Å². The monoisotopic (exact) mass is 489 g/mol. The number of rotatable bonds is 4. The first kappa shape index (κ1) is 23.8. The lowest BCUT2D eigenvalue weighted by Gasteiger charge is -2.31. The number of carbonyl (C=O) groups excluding carboxylic acids is 2. The van der Waals surface area contributed by atoms with E-state index in [0.29, 0.717) is 48.2 Å². The van der Waals surface area contributed by atoms with E-state index < -0.39 is 0 Å². The number of anilines is 1. The number of hydrogen-bond donors (Lipinski definition) is 1. The van der Waals surface area contributed by atoms with Crippen LogP contribution in [0.3, 0.4) is 0 Å². The molecule has 2 aliphatic heterocycles. The maximum atomic E-state index is 13.3. The van der Waals surface area contributed by atoms with E-state index in [4.69, 9.17) is 4.74 Å². The van der Waals surface area contributed by atoms with E-state index in [9.17, 15) is 9.59 Å². The first-order valence-corrected chi connectivity index (χ1v) is 12.1. The van der Waals surface area contributed by atoms with Gasteiger partial charge in [0.1, 0.15) is 23.1 Å². The van der Waals surface area contributed by atoms with Crippen molar-refractivity contribution in [1.82, 2.24) is 29.5 Å². The number of aryl methyl sites for hydroxylation is 1. The maximum absolute atomic E-state index is 13.3. The zero-order valence-corrected chi connectivity index (χ0v) is 21.3. The second-order valence-electron chi connectivity index (χ2n) is 10.1. The van der Waals surface area contributed by atoms with Crippen molar-refractivity contribution in [2.75, 3.05) is 33.1 Å². The van der Waals surface area contributed by atoms with Gasteiger partial charge in [0.2, 0.25) is 0 Å². The molecule has 5 rings (SSSR count). The standard InChI is InChI=1S/C26H31N7O3/c1-26(2)11-9-22-29-30-23(33(22)26)19-7-6-8-21(27-19)28-24(34)18-13-17-15-32(25(35)31(3)4)12-10-16(17)14-20(18)36-5/h6-8,13-14H,9-12,15H2,1-5H3,(H,27,28,34). The number of nitrogens with zero attached hydrogens (tertiary/aromatic N) is 6. The molecular weight excluding hydrogens is 458 g/mol. The molecule has 3 amide bonds. The Labute approximate surface area is 210 Å². The predicted octanol–water partition coefficient (Wildman–Crippen LogP) is 3.32. The normalized spacial score (nSPS) is 15.8. The Hall–Kier alpha value is -3.95. The Morgan fingerprint density at radius 3 is 2.67 bits per heavy atom. The molecule has 0 fully saturated rings. The smallest absolute Gasteiger partial charge is 0.319 e. The second kappa shape index (κ2) is 8.92. The molecule has 0 atom stereocenters. The van der Waals surface area contributed by atoms with Gasteiger partial charge in [-0.2, -0.15) is 0 Å². The third-order valence-corrected chi connectivity index (χ3v) is 6.95. The van der Waals surface area contributed by atoms with Crippen molar-refractivity contribution in [3.63, 3.8) is 0 Å². The van der Waals surface area contributed by atoms with Gasteiger partial charge in [0, 0.05) is 39.1 Å². The lowest BCUT2D eigenvalue weighted by molar-refractivity contribution is 0.102. The number of pyridine rings is 1. The van der Waals surface area contributed by atoms with E-state index in [-0.39, 0.29) is 17.5 Å². The van der Waals surface area contributed by atoms with Crippen LogP contribution in [0, 0.1) is 0 Å². The number of amides is 3. The fourth-order valence-electron chi connectivity index (χ4n) is 5.00. The first-order chi connectivity index (χ1) is 17.2. The molecule has 0 radical (unpaired) electrons. The lowest BCUT2D eigenvalue weighted by Crippen LogP contribution is -2.42. The summed E-state index contributed by atoms with van der Waals surface area (Å²) in [5.41, 5.74) is 2.97. The zero-order chi connectivity index (χ0) is 25.6. The lowest BCUT2D eigenvalue weighted by atomic mass is 9.96. The summed E-state index contributed by atoms with van der Waals surface area (Å²) in [4.78, 5) is 33.8. The summed E-state index contributed by atoms with van der Waals surface area (Å²) in [5.74, 6) is 2.22. The zero-order valence-electron chi connectivity index (χ0n) is 21.3. The minimum atomic E-state index is -0.331. The number of ether oxygens (including phenoxy) is 1. The summed E-state index contributed by atoms with van der Waals surface area (Å²) >= 11 is 0. The Morgan fingerprint density at radius 2 is 1.92 bits per heavy atom. The molecule has 10 nitrogen and oxygen atoms in total. The van der Waals surface area contributed by atoms with Crippen molar-refractivity contribution in [1.29, 1.82) is 0 Å². The molecule has 0 unspecified atom stereocenters. The highest BCUT2D eigenvalue weighted by molar-refractivity contribution is 6.06. The predicted molar refractivity (Wildman–Crippen MR) is 135 cm³/mol. The average molecular weight is 490 g/mol. The van der Waals surface area contributed by atoms with Crippen molar-refractivity contribution in [2.24, 2.45) is 0 Å². The van der Waals surface area contributed by atoms with Gasteiger partial charge in [-0.05, 0) is 62.1 Å².